The first-order valence-corrected chi connectivity index (χ1v) is 2.82. The van der Waals surface area contributed by atoms with E-state index in [-0.39, 0.29) is 0 Å². The number of nitrogens with two attached hydrogens (primary N) is 1. The van der Waals surface area contributed by atoms with Gasteiger partial charge in [-0.05, 0) is 19.8 Å². The number of hydrogen-bond acceptors (Lipinski definition) is 3. The van der Waals surface area contributed by atoms with Crippen LogP contribution < -0.4 is 11.3 Å². The average molecular weight is 116 g/mol. The normalized spacial score (nSPS) is 46.1. The molecule has 0 heterocycles. The second-order valence-electron chi connectivity index (χ2n) is 2.77. The van der Waals surface area contributed by atoms with Crippen LogP contribution in [0.4, 0.5) is 0 Å². The highest BCUT2D eigenvalue weighted by Crippen LogP contribution is 2.30. The van der Waals surface area contributed by atoms with Crippen molar-refractivity contribution in [3.05, 3.63) is 0 Å². The molecule has 1 aliphatic carbocycles. The highest BCUT2D eigenvalue weighted by molar-refractivity contribution is 4.93. The van der Waals surface area contributed by atoms with Crippen molar-refractivity contribution in [1.29, 1.82) is 0 Å². The smallest absolute Gasteiger partial charge is 0.0650 e. The molecule has 1 rings (SSSR count). The third-order valence-electron chi connectivity index (χ3n) is 1.61. The van der Waals surface area contributed by atoms with Gasteiger partial charge in [0, 0.05) is 6.04 Å². The van der Waals surface area contributed by atoms with Crippen molar-refractivity contribution in [2.75, 3.05) is 0 Å². The van der Waals surface area contributed by atoms with Gasteiger partial charge in [-0.25, -0.2) is 0 Å². The largest absolute Gasteiger partial charge is 0.390 e. The zero-order valence-electron chi connectivity index (χ0n) is 5.02. The maximum atomic E-state index is 9.12. The molecule has 3 heteroatoms. The lowest BCUT2D eigenvalue weighted by atomic mass is 9.78. The molecule has 3 nitrogen and oxygen atoms in total. The van der Waals surface area contributed by atoms with E-state index in [0.29, 0.717) is 6.04 Å². The Bertz CT molecular complexity index is 84.4. The van der Waals surface area contributed by atoms with Crippen LogP contribution in [-0.2, 0) is 0 Å². The number of hydrogen-bond donors (Lipinski definition) is 3. The Labute approximate surface area is 48.8 Å². The highest BCUT2D eigenvalue weighted by atomic mass is 16.3. The molecule has 0 aliphatic heterocycles. The van der Waals surface area contributed by atoms with Crippen molar-refractivity contribution in [2.45, 2.75) is 31.4 Å². The molecule has 0 aromatic carbocycles. The van der Waals surface area contributed by atoms with Crippen molar-refractivity contribution >= 4 is 0 Å². The van der Waals surface area contributed by atoms with E-state index in [2.05, 4.69) is 5.43 Å². The van der Waals surface area contributed by atoms with Crippen molar-refractivity contribution in [3.8, 4) is 0 Å². The van der Waals surface area contributed by atoms with E-state index in [1.165, 1.54) is 0 Å². The minimum Gasteiger partial charge on any atom is -0.390 e. The summed E-state index contributed by atoms with van der Waals surface area (Å²) in [5, 5.41) is 9.12. The van der Waals surface area contributed by atoms with Gasteiger partial charge in [-0.3, -0.25) is 11.3 Å². The lowest BCUT2D eigenvalue weighted by Crippen LogP contribution is -2.53. The first-order valence-electron chi connectivity index (χ1n) is 2.82. The van der Waals surface area contributed by atoms with E-state index in [9.17, 15) is 0 Å². The summed E-state index contributed by atoms with van der Waals surface area (Å²) in [7, 11) is 0. The summed E-state index contributed by atoms with van der Waals surface area (Å²) in [6, 6.07) is 0.338. The van der Waals surface area contributed by atoms with Gasteiger partial charge in [0.05, 0.1) is 5.60 Å². The molecule has 1 saturated carbocycles. The Hall–Kier alpha value is -0.120. The molecular weight excluding hydrogens is 104 g/mol. The van der Waals surface area contributed by atoms with E-state index < -0.39 is 5.60 Å². The Morgan fingerprint density at radius 3 is 2.38 bits per heavy atom. The Morgan fingerprint density at radius 1 is 1.75 bits per heavy atom. The van der Waals surface area contributed by atoms with Crippen molar-refractivity contribution in [1.82, 2.24) is 5.43 Å². The molecule has 0 aromatic heterocycles. The molecule has 0 spiro atoms. The summed E-state index contributed by atoms with van der Waals surface area (Å²) in [4.78, 5) is 0. The third kappa shape index (κ3) is 0.992. The van der Waals surface area contributed by atoms with Gasteiger partial charge in [0.25, 0.3) is 0 Å². The quantitative estimate of drug-likeness (QED) is 0.315. The van der Waals surface area contributed by atoms with Crippen molar-refractivity contribution in [3.63, 3.8) is 0 Å². The molecule has 0 aromatic rings. The standard InChI is InChI=1S/C5H12N2O/c1-5(8)2-4(3-5)7-6/h4,7-8H,2-3,6H2,1H3. The fraction of sp³-hybridized carbons (Fsp3) is 1.00. The SMILES string of the molecule is CC1(O)CC(NN)C1. The molecule has 8 heavy (non-hydrogen) atoms. The number of rotatable bonds is 1. The Balaban J connectivity index is 2.21. The van der Waals surface area contributed by atoms with Crippen LogP contribution in [0.5, 0.6) is 0 Å². The van der Waals surface area contributed by atoms with Crippen LogP contribution in [-0.4, -0.2) is 16.7 Å². The summed E-state index contributed by atoms with van der Waals surface area (Å²) >= 11 is 0. The van der Waals surface area contributed by atoms with Crippen LogP contribution in [0.25, 0.3) is 0 Å². The predicted octanol–water partition coefficient (Wildman–Crippen LogP) is -0.637. The maximum absolute atomic E-state index is 9.12. The van der Waals surface area contributed by atoms with Crippen molar-refractivity contribution < 1.29 is 5.11 Å². The van der Waals surface area contributed by atoms with Crippen LogP contribution >= 0.6 is 0 Å². The van der Waals surface area contributed by atoms with E-state index in [0.717, 1.165) is 12.8 Å². The first-order chi connectivity index (χ1) is 3.64. The second kappa shape index (κ2) is 1.69. The fourth-order valence-corrected chi connectivity index (χ4v) is 1.12. The van der Waals surface area contributed by atoms with Gasteiger partial charge in [-0.2, -0.15) is 0 Å². The molecule has 0 atom stereocenters. The maximum Gasteiger partial charge on any atom is 0.0650 e. The van der Waals surface area contributed by atoms with Gasteiger partial charge in [0.1, 0.15) is 0 Å². The summed E-state index contributed by atoms with van der Waals surface area (Å²) in [5.74, 6) is 5.09. The van der Waals surface area contributed by atoms with E-state index in [4.69, 9.17) is 10.9 Å². The van der Waals surface area contributed by atoms with Crippen LogP contribution in [0.15, 0.2) is 0 Å². The van der Waals surface area contributed by atoms with Gasteiger partial charge in [0.15, 0.2) is 0 Å². The first kappa shape index (κ1) is 6.01. The fourth-order valence-electron chi connectivity index (χ4n) is 1.12. The van der Waals surface area contributed by atoms with Crippen LogP contribution in [0, 0.1) is 0 Å². The lowest BCUT2D eigenvalue weighted by Gasteiger charge is -2.40. The molecule has 48 valence electrons. The molecule has 0 amide bonds. The lowest BCUT2D eigenvalue weighted by molar-refractivity contribution is -0.0388. The molecule has 4 N–H and O–H groups in total. The van der Waals surface area contributed by atoms with E-state index >= 15 is 0 Å². The van der Waals surface area contributed by atoms with E-state index in [1.54, 1.807) is 0 Å². The zero-order chi connectivity index (χ0) is 6.20. The molecule has 1 fully saturated rings. The molecule has 0 bridgehead atoms. The van der Waals surface area contributed by atoms with Crippen molar-refractivity contribution in [2.24, 2.45) is 5.84 Å². The molecule has 0 radical (unpaired) electrons. The Morgan fingerprint density at radius 2 is 2.25 bits per heavy atom. The van der Waals surface area contributed by atoms with Gasteiger partial charge < -0.3 is 5.11 Å². The molecule has 1 aliphatic rings. The molecular formula is C5H12N2O. The average Bonchev–Trinajstić information content (AvgIpc) is 1.60. The topological polar surface area (TPSA) is 58.3 Å². The second-order valence-corrected chi connectivity index (χ2v) is 2.77. The molecule has 0 saturated heterocycles. The molecule has 0 unspecified atom stereocenters. The summed E-state index contributed by atoms with van der Waals surface area (Å²) in [6.45, 7) is 1.82. The van der Waals surface area contributed by atoms with Crippen LogP contribution in [0.3, 0.4) is 0 Å². The van der Waals surface area contributed by atoms with Gasteiger partial charge >= 0.3 is 0 Å². The van der Waals surface area contributed by atoms with Gasteiger partial charge in [-0.15, -0.1) is 0 Å². The predicted molar refractivity (Wildman–Crippen MR) is 31.0 cm³/mol. The number of hydrazine groups is 1. The van der Waals surface area contributed by atoms with Gasteiger partial charge in [0.2, 0.25) is 0 Å². The summed E-state index contributed by atoms with van der Waals surface area (Å²) < 4.78 is 0. The third-order valence-corrected chi connectivity index (χ3v) is 1.61. The minimum absolute atomic E-state index is 0.338. The number of nitrogens with one attached hydrogen (secondary N) is 1. The van der Waals surface area contributed by atoms with Crippen LogP contribution in [0.2, 0.25) is 0 Å². The zero-order valence-corrected chi connectivity index (χ0v) is 5.02. The highest BCUT2D eigenvalue weighted by Gasteiger charge is 2.37. The Kier molecular flexibility index (Phi) is 1.27. The van der Waals surface area contributed by atoms with Gasteiger partial charge in [-0.1, -0.05) is 0 Å². The minimum atomic E-state index is -0.447. The number of aliphatic hydroxyl groups is 1. The summed E-state index contributed by atoms with van der Waals surface area (Å²) in [5.41, 5.74) is 2.15. The van der Waals surface area contributed by atoms with E-state index in [1.807, 2.05) is 6.92 Å². The summed E-state index contributed by atoms with van der Waals surface area (Å²) in [6.07, 6.45) is 1.56. The van der Waals surface area contributed by atoms with Crippen LogP contribution in [0.1, 0.15) is 19.8 Å². The monoisotopic (exact) mass is 116 g/mol.